The molecule has 0 aromatic heterocycles. The number of para-hydroxylation sites is 6. The van der Waals surface area contributed by atoms with Crippen LogP contribution in [0.5, 0.6) is 34.5 Å². The Morgan fingerprint density at radius 2 is 0.479 bits per heavy atom. The SMILES string of the molecule is O=[C](Cl)[Rh].c1ccc(OP(Oc2ccccc2)Oc2ccccc2)cc1.c1ccc(OP(Oc2ccccc2)Oc2ccccc2)cc1. The van der Waals surface area contributed by atoms with Gasteiger partial charge in [-0.2, -0.15) is 0 Å². The predicted molar refractivity (Wildman–Crippen MR) is 188 cm³/mol. The molecule has 48 heavy (non-hydrogen) atoms. The summed E-state index contributed by atoms with van der Waals surface area (Å²) in [5.74, 6) is 4.25. The maximum atomic E-state index is 9.16. The van der Waals surface area contributed by atoms with Gasteiger partial charge in [0.2, 0.25) is 0 Å². The van der Waals surface area contributed by atoms with Gasteiger partial charge in [0.15, 0.2) is 0 Å². The zero-order chi connectivity index (χ0) is 33.7. The molecule has 0 saturated carbocycles. The van der Waals surface area contributed by atoms with E-state index in [2.05, 4.69) is 11.6 Å². The number of carbonyl (C=O) groups excluding carboxylic acids is 1. The van der Waals surface area contributed by atoms with E-state index in [1.807, 2.05) is 200 Å². The molecule has 0 unspecified atom stereocenters. The first-order chi connectivity index (χ1) is 23.5. The van der Waals surface area contributed by atoms with Crippen LogP contribution in [0.15, 0.2) is 182 Å². The summed E-state index contributed by atoms with van der Waals surface area (Å²) < 4.78 is 34.6. The molecule has 0 aliphatic heterocycles. The van der Waals surface area contributed by atoms with Gasteiger partial charge in [-0.15, -0.1) is 0 Å². The molecule has 246 valence electrons. The maximum absolute atomic E-state index is 9.16. The standard InChI is InChI=1S/2C18H15O3P.CClO.Rh/c2*1-4-10-16(11-5-1)19-22(20-17-12-6-2-7-13-17)21-18-14-8-3-9-15-18;2-1-3;/h2*1-15H;;. The van der Waals surface area contributed by atoms with Crippen LogP contribution in [0.2, 0.25) is 0 Å². The second-order valence-corrected chi connectivity index (χ2v) is 12.6. The van der Waals surface area contributed by atoms with Crippen molar-refractivity contribution in [2.75, 3.05) is 0 Å². The quantitative estimate of drug-likeness (QED) is 0.0695. The number of hydrogen-bond donors (Lipinski definition) is 0. The predicted octanol–water partition coefficient (Wildman–Crippen LogP) is 11.8. The fourth-order valence-electron chi connectivity index (χ4n) is 3.52. The molecule has 0 atom stereocenters. The van der Waals surface area contributed by atoms with Crippen molar-refractivity contribution in [1.82, 2.24) is 0 Å². The molecule has 0 bridgehead atoms. The molecule has 6 aromatic carbocycles. The van der Waals surface area contributed by atoms with Gasteiger partial charge in [0.25, 0.3) is 0 Å². The Morgan fingerprint density at radius 1 is 0.354 bits per heavy atom. The number of hydrogen-bond acceptors (Lipinski definition) is 7. The van der Waals surface area contributed by atoms with Crippen LogP contribution in [0, 0.1) is 0 Å². The minimum absolute atomic E-state index is 0.471. The molecule has 0 saturated heterocycles. The molecular weight excluding hydrogens is 757 g/mol. The van der Waals surface area contributed by atoms with E-state index in [-0.39, 0.29) is 0 Å². The van der Waals surface area contributed by atoms with Crippen molar-refractivity contribution in [3.63, 3.8) is 0 Å². The summed E-state index contributed by atoms with van der Waals surface area (Å²) in [6.45, 7) is 0. The minimum atomic E-state index is -1.59. The first kappa shape index (κ1) is 36.4. The van der Waals surface area contributed by atoms with Crippen molar-refractivity contribution >= 4 is 32.6 Å². The van der Waals surface area contributed by atoms with Crippen LogP contribution in [0.1, 0.15) is 0 Å². The Hall–Kier alpha value is -4.44. The van der Waals surface area contributed by atoms with Crippen molar-refractivity contribution in [3.8, 4) is 34.5 Å². The third kappa shape index (κ3) is 15.0. The summed E-state index contributed by atoms with van der Waals surface area (Å²) in [4.78, 5) is 9.16. The third-order valence-electron chi connectivity index (χ3n) is 5.54. The third-order valence-corrected chi connectivity index (χ3v) is 7.70. The molecule has 0 radical (unpaired) electrons. The van der Waals surface area contributed by atoms with Gasteiger partial charge < -0.3 is 27.1 Å². The summed E-state index contributed by atoms with van der Waals surface area (Å²) in [5, 5.41) is 0. The van der Waals surface area contributed by atoms with E-state index in [0.717, 1.165) is 0 Å². The van der Waals surface area contributed by atoms with Crippen molar-refractivity contribution < 1.29 is 50.2 Å². The molecule has 6 aromatic rings. The van der Waals surface area contributed by atoms with Gasteiger partial charge in [0, 0.05) is 0 Å². The van der Waals surface area contributed by atoms with Gasteiger partial charge in [-0.1, -0.05) is 109 Å². The van der Waals surface area contributed by atoms with Crippen LogP contribution in [0.3, 0.4) is 0 Å². The molecule has 0 N–H and O–H groups in total. The van der Waals surface area contributed by atoms with E-state index in [4.69, 9.17) is 31.9 Å². The largest absolute Gasteiger partial charge is 0.530 e. The summed E-state index contributed by atoms with van der Waals surface area (Å²) in [6.07, 6.45) is 0. The second-order valence-electron chi connectivity index (χ2n) is 9.08. The van der Waals surface area contributed by atoms with E-state index < -0.39 is 21.0 Å². The molecular formula is C37H30ClO7P2Rh. The van der Waals surface area contributed by atoms with Gasteiger partial charge in [0.1, 0.15) is 34.5 Å². The maximum Gasteiger partial charge on any atom is 0.530 e. The van der Waals surface area contributed by atoms with Crippen LogP contribution < -0.4 is 27.1 Å². The number of carbonyl (C=O) groups is 1. The second kappa shape index (κ2) is 21.4. The van der Waals surface area contributed by atoms with Gasteiger partial charge in [-0.3, -0.25) is 0 Å². The van der Waals surface area contributed by atoms with Crippen LogP contribution in [-0.4, -0.2) is 3.84 Å². The van der Waals surface area contributed by atoms with Crippen LogP contribution >= 0.6 is 28.8 Å². The van der Waals surface area contributed by atoms with Crippen molar-refractivity contribution in [3.05, 3.63) is 182 Å². The molecule has 6 rings (SSSR count). The van der Waals surface area contributed by atoms with E-state index in [1.165, 1.54) is 0 Å². The van der Waals surface area contributed by atoms with E-state index in [0.29, 0.717) is 34.5 Å². The summed E-state index contributed by atoms with van der Waals surface area (Å²) in [5.41, 5.74) is 0. The summed E-state index contributed by atoms with van der Waals surface area (Å²) in [7, 11) is -3.18. The molecule has 11 heteroatoms. The summed E-state index contributed by atoms with van der Waals surface area (Å²) >= 11 is 6.53. The van der Waals surface area contributed by atoms with Gasteiger partial charge >= 0.3 is 55.7 Å². The van der Waals surface area contributed by atoms with Crippen LogP contribution in [-0.2, 0) is 18.3 Å². The van der Waals surface area contributed by atoms with E-state index in [1.54, 1.807) is 0 Å². The minimum Gasteiger partial charge on any atom is -0.409 e. The fraction of sp³-hybridized carbons (Fsp3) is 0. The van der Waals surface area contributed by atoms with Gasteiger partial charge in [-0.25, -0.2) is 0 Å². The van der Waals surface area contributed by atoms with Gasteiger partial charge in [0.05, 0.1) is 0 Å². The Morgan fingerprint density at radius 3 is 0.604 bits per heavy atom. The molecule has 0 spiro atoms. The Kier molecular flexibility index (Phi) is 16.3. The Labute approximate surface area is 298 Å². The van der Waals surface area contributed by atoms with Crippen LogP contribution in [0.4, 0.5) is 4.79 Å². The molecule has 0 aliphatic carbocycles. The smallest absolute Gasteiger partial charge is 0.409 e. The zero-order valence-corrected chi connectivity index (χ0v) is 29.5. The average Bonchev–Trinajstić information content (AvgIpc) is 3.11. The van der Waals surface area contributed by atoms with Crippen molar-refractivity contribution in [1.29, 1.82) is 0 Å². The molecule has 0 aliphatic rings. The number of rotatable bonds is 12. The Balaban J connectivity index is 0.000000195. The van der Waals surface area contributed by atoms with Crippen molar-refractivity contribution in [2.24, 2.45) is 0 Å². The summed E-state index contributed by atoms with van der Waals surface area (Å²) in [6, 6.07) is 57.0. The zero-order valence-electron chi connectivity index (χ0n) is 25.3. The molecule has 0 fully saturated rings. The Bertz CT molecular complexity index is 1390. The van der Waals surface area contributed by atoms with E-state index >= 15 is 0 Å². The fourth-order valence-corrected chi connectivity index (χ4v) is 5.50. The van der Waals surface area contributed by atoms with E-state index in [9.17, 15) is 0 Å². The molecule has 7 nitrogen and oxygen atoms in total. The topological polar surface area (TPSA) is 72.5 Å². The molecule has 0 amide bonds. The van der Waals surface area contributed by atoms with Crippen LogP contribution in [0.25, 0.3) is 0 Å². The first-order valence-corrected chi connectivity index (χ1v) is 17.7. The van der Waals surface area contributed by atoms with Gasteiger partial charge in [-0.05, 0) is 72.8 Å². The first-order valence-electron chi connectivity index (χ1n) is 14.3. The normalized spacial score (nSPS) is 9.94. The number of halogens is 1. The van der Waals surface area contributed by atoms with Crippen molar-refractivity contribution in [2.45, 2.75) is 0 Å². The molecule has 0 heterocycles. The number of benzene rings is 6. The average molecular weight is 787 g/mol. The monoisotopic (exact) mass is 786 g/mol.